The minimum atomic E-state index is -4.56. The second-order valence-corrected chi connectivity index (χ2v) is 14.1. The number of carboxylic acids is 3. The number of ether oxygens (including phenoxy) is 1. The number of aromatic hydroxyl groups is 1. The van der Waals surface area contributed by atoms with Gasteiger partial charge in [0.2, 0.25) is 5.91 Å². The molecular weight excluding hydrogens is 839 g/mol. The van der Waals surface area contributed by atoms with E-state index in [4.69, 9.17) is 43.9 Å². The molecule has 328 valence electrons. The number of hydrogen-bond acceptors (Lipinski definition) is 8. The molecule has 1 amide bonds. The molecule has 0 fully saturated rings. The summed E-state index contributed by atoms with van der Waals surface area (Å²) in [5, 5.41) is 41.4. The van der Waals surface area contributed by atoms with Gasteiger partial charge in [-0.3, -0.25) is 14.6 Å². The van der Waals surface area contributed by atoms with Gasteiger partial charge in [0.25, 0.3) is 0 Å². The van der Waals surface area contributed by atoms with Gasteiger partial charge in [-0.05, 0) is 78.8 Å². The number of aliphatic carboxylic acids is 1. The number of aromatic carboxylic acids is 2. The number of aliphatic imine (C=N–C) groups is 1. The second-order valence-electron chi connectivity index (χ2n) is 13.3. The van der Waals surface area contributed by atoms with Gasteiger partial charge in [0.05, 0.1) is 46.6 Å². The number of hydrogen-bond donors (Lipinski definition) is 6. The van der Waals surface area contributed by atoms with E-state index in [2.05, 4.69) is 22.5 Å². The first kappa shape index (κ1) is 51.1. The third-order valence-corrected chi connectivity index (χ3v) is 9.10. The lowest BCUT2D eigenvalue weighted by atomic mass is 10.1. The van der Waals surface area contributed by atoms with Crippen LogP contribution in [-0.4, -0.2) is 62.7 Å². The first-order valence-electron chi connectivity index (χ1n) is 19.2. The lowest BCUT2D eigenvalue weighted by Gasteiger charge is -2.11. The average Bonchev–Trinajstić information content (AvgIpc) is 3.20. The van der Waals surface area contributed by atoms with Crippen molar-refractivity contribution in [1.82, 2.24) is 5.32 Å². The molecule has 0 saturated carbocycles. The van der Waals surface area contributed by atoms with Crippen LogP contribution in [-0.2, 0) is 22.2 Å². The molecule has 0 aromatic heterocycles. The van der Waals surface area contributed by atoms with Crippen LogP contribution in [0.15, 0.2) is 89.9 Å². The van der Waals surface area contributed by atoms with Crippen molar-refractivity contribution >= 4 is 70.3 Å². The molecule has 0 aliphatic carbocycles. The molecule has 12 nitrogen and oxygen atoms in total. The number of carbonyl (C=O) groups is 4. The van der Waals surface area contributed by atoms with Crippen molar-refractivity contribution in [2.45, 2.75) is 83.7 Å². The van der Waals surface area contributed by atoms with Crippen LogP contribution in [0.2, 0.25) is 5.02 Å². The Morgan fingerprint density at radius 1 is 0.803 bits per heavy atom. The molecule has 0 bridgehead atoms. The Kier molecular flexibility index (Phi) is 22.6. The Bertz CT molecular complexity index is 2120. The van der Waals surface area contributed by atoms with Crippen LogP contribution >= 0.6 is 23.8 Å². The molecule has 0 aliphatic heterocycles. The number of amides is 1. The van der Waals surface area contributed by atoms with E-state index in [0.29, 0.717) is 29.1 Å². The van der Waals surface area contributed by atoms with Crippen molar-refractivity contribution in [1.29, 1.82) is 0 Å². The maximum absolute atomic E-state index is 12.3. The van der Waals surface area contributed by atoms with Crippen LogP contribution in [0.5, 0.6) is 11.5 Å². The first-order valence-corrected chi connectivity index (χ1v) is 20.0. The number of para-hydroxylation sites is 2. The van der Waals surface area contributed by atoms with Gasteiger partial charge in [-0.15, -0.1) is 0 Å². The highest BCUT2D eigenvalue weighted by Crippen LogP contribution is 2.35. The molecule has 4 aromatic rings. The Morgan fingerprint density at radius 3 is 1.98 bits per heavy atom. The van der Waals surface area contributed by atoms with Gasteiger partial charge < -0.3 is 35.8 Å². The number of alkyl halides is 3. The number of nitrogens with zero attached hydrogens (tertiary/aromatic N) is 1. The van der Waals surface area contributed by atoms with Crippen LogP contribution in [0.25, 0.3) is 0 Å². The number of phenolic OH excluding ortho intramolecular Hbond substituents is 1. The summed E-state index contributed by atoms with van der Waals surface area (Å²) in [6.07, 6.45) is 7.61. The van der Waals surface area contributed by atoms with Crippen LogP contribution in [0, 0.1) is 0 Å². The Balaban J connectivity index is 0.000000327. The first-order chi connectivity index (χ1) is 29.0. The molecule has 0 saturated heterocycles. The Morgan fingerprint density at radius 2 is 1.39 bits per heavy atom. The SMILES string of the molecule is CCCCCCCCCCCC(=O)NC(=S)Nc1ccccc1C(=O)O.COc1ccc(O)c(C=Nc2ccccc2C(=O)O)c1.O=C(O)Cc1ccc(Cl)c(C(F)(F)F)c1. The van der Waals surface area contributed by atoms with Gasteiger partial charge in [0, 0.05) is 18.2 Å². The van der Waals surface area contributed by atoms with Crippen LogP contribution in [0.4, 0.5) is 24.5 Å². The van der Waals surface area contributed by atoms with Crippen molar-refractivity contribution < 1.29 is 57.5 Å². The zero-order valence-corrected chi connectivity index (χ0v) is 35.2. The number of carbonyl (C=O) groups excluding carboxylic acids is 1. The van der Waals surface area contributed by atoms with E-state index in [-0.39, 0.29) is 33.5 Å². The number of unbranched alkanes of at least 4 members (excludes halogenated alkanes) is 8. The predicted molar refractivity (Wildman–Crippen MR) is 233 cm³/mol. The summed E-state index contributed by atoms with van der Waals surface area (Å²) in [4.78, 5) is 48.5. The molecule has 4 rings (SSSR count). The number of nitrogens with one attached hydrogen (secondary N) is 2. The smallest absolute Gasteiger partial charge is 0.417 e. The van der Waals surface area contributed by atoms with Crippen LogP contribution < -0.4 is 15.4 Å². The minimum absolute atomic E-state index is 0.0438. The standard InChI is InChI=1S/C20H30N2O3S.C15H13NO4.C9H6ClF3O2/c1-2-3-4-5-6-7-8-9-10-15-18(23)22-20(26)21-17-14-12-11-13-16(17)19(24)25;1-20-11-6-7-14(17)10(8-11)9-16-13-5-3-2-4-12(13)15(18)19;10-7-2-1-5(4-8(14)15)3-6(7)9(11,12)13/h11-14H,2-10,15H2,1H3,(H,24,25)(H2,21,22,23,26);2-9,17H,1H3,(H,18,19);1-3H,4H2,(H,14,15). The fourth-order valence-corrected chi connectivity index (χ4v) is 5.91. The molecule has 0 aliphatic rings. The molecule has 0 unspecified atom stereocenters. The van der Waals surface area contributed by atoms with E-state index >= 15 is 0 Å². The highest BCUT2D eigenvalue weighted by molar-refractivity contribution is 7.80. The summed E-state index contributed by atoms with van der Waals surface area (Å²) in [6.45, 7) is 2.22. The number of benzene rings is 4. The summed E-state index contributed by atoms with van der Waals surface area (Å²) in [5.41, 5.74) is 0.413. The minimum Gasteiger partial charge on any atom is -0.507 e. The highest BCUT2D eigenvalue weighted by atomic mass is 35.5. The largest absolute Gasteiger partial charge is 0.507 e. The van der Waals surface area contributed by atoms with E-state index in [1.54, 1.807) is 48.5 Å². The van der Waals surface area contributed by atoms with Crippen LogP contribution in [0.3, 0.4) is 0 Å². The van der Waals surface area contributed by atoms with Crippen molar-refractivity contribution in [3.05, 3.63) is 118 Å². The summed E-state index contributed by atoms with van der Waals surface area (Å²) in [6, 6.07) is 20.6. The number of thiocarbonyl (C=S) groups is 1. The lowest BCUT2D eigenvalue weighted by molar-refractivity contribution is -0.138. The van der Waals surface area contributed by atoms with Crippen LogP contribution in [0.1, 0.15) is 109 Å². The average molecular weight is 888 g/mol. The third-order valence-electron chi connectivity index (χ3n) is 8.57. The zero-order chi connectivity index (χ0) is 45.4. The summed E-state index contributed by atoms with van der Waals surface area (Å²) in [7, 11) is 1.52. The summed E-state index contributed by atoms with van der Waals surface area (Å²) >= 11 is 10.4. The van der Waals surface area contributed by atoms with E-state index in [9.17, 15) is 37.5 Å². The topological polar surface area (TPSA) is 195 Å². The number of halogens is 4. The number of rotatable bonds is 18. The summed E-state index contributed by atoms with van der Waals surface area (Å²) in [5.74, 6) is -2.80. The molecule has 61 heavy (non-hydrogen) atoms. The molecule has 0 radical (unpaired) electrons. The lowest BCUT2D eigenvalue weighted by Crippen LogP contribution is -2.34. The van der Waals surface area contributed by atoms with Gasteiger partial charge in [-0.25, -0.2) is 9.59 Å². The fraction of sp³-hybridized carbons (Fsp3) is 0.318. The number of methoxy groups -OCH3 is 1. The molecule has 6 N–H and O–H groups in total. The maximum atomic E-state index is 12.3. The van der Waals surface area contributed by atoms with Crippen molar-refractivity contribution in [2.24, 2.45) is 4.99 Å². The predicted octanol–water partition coefficient (Wildman–Crippen LogP) is 11.0. The van der Waals surface area contributed by atoms with Gasteiger partial charge in [0.15, 0.2) is 5.11 Å². The molecular formula is C44H49ClF3N3O9S. The number of anilines is 1. The zero-order valence-electron chi connectivity index (χ0n) is 33.6. The van der Waals surface area contributed by atoms with Gasteiger partial charge in [-0.1, -0.05) is 100 Å². The van der Waals surface area contributed by atoms with E-state index in [1.165, 1.54) is 76.1 Å². The maximum Gasteiger partial charge on any atom is 0.417 e. The normalized spacial score (nSPS) is 10.7. The fourth-order valence-electron chi connectivity index (χ4n) is 5.46. The highest BCUT2D eigenvalue weighted by Gasteiger charge is 2.33. The molecule has 17 heteroatoms. The van der Waals surface area contributed by atoms with E-state index in [1.807, 2.05) is 0 Å². The van der Waals surface area contributed by atoms with Crippen molar-refractivity contribution in [3.63, 3.8) is 0 Å². The van der Waals surface area contributed by atoms with E-state index in [0.717, 1.165) is 31.4 Å². The van der Waals surface area contributed by atoms with Crippen molar-refractivity contribution in [2.75, 3.05) is 12.4 Å². The van der Waals surface area contributed by atoms with Crippen molar-refractivity contribution in [3.8, 4) is 11.5 Å². The Labute approximate surface area is 362 Å². The Hall–Kier alpha value is -6.00. The van der Waals surface area contributed by atoms with Gasteiger partial charge >= 0.3 is 24.1 Å². The summed E-state index contributed by atoms with van der Waals surface area (Å²) < 4.78 is 42.1. The van der Waals surface area contributed by atoms with Gasteiger partial charge in [0.1, 0.15) is 11.5 Å². The van der Waals surface area contributed by atoms with Gasteiger partial charge in [-0.2, -0.15) is 13.2 Å². The van der Waals surface area contributed by atoms with E-state index < -0.39 is 41.1 Å². The monoisotopic (exact) mass is 887 g/mol. The molecule has 0 atom stereocenters. The molecule has 0 heterocycles. The second kappa shape index (κ2) is 27.0. The number of phenols is 1. The third kappa shape index (κ3) is 19.7. The number of carboxylic acid groups (broad SMARTS) is 3. The quantitative estimate of drug-likeness (QED) is 0.0316. The molecule has 0 spiro atoms. The molecule has 4 aromatic carbocycles.